The lowest BCUT2D eigenvalue weighted by Gasteiger charge is -2.08. The number of para-hydroxylation sites is 1. The second kappa shape index (κ2) is 5.38. The van der Waals surface area contributed by atoms with E-state index in [-0.39, 0.29) is 5.82 Å². The number of benzene rings is 1. The largest absolute Gasteiger partial charge is 0.325 e. The topological polar surface area (TPSA) is 54.0 Å². The average molecular weight is 267 g/mol. The van der Waals surface area contributed by atoms with E-state index in [1.807, 2.05) is 5.32 Å². The van der Waals surface area contributed by atoms with Crippen LogP contribution in [0.5, 0.6) is 0 Å². The molecule has 0 radical (unpaired) electrons. The highest BCUT2D eigenvalue weighted by atomic mass is 19.1. The number of carbonyl (C=O) groups is 1. The van der Waals surface area contributed by atoms with Crippen LogP contribution in [0.1, 0.15) is 0 Å². The van der Waals surface area contributed by atoms with Gasteiger partial charge in [-0.1, -0.05) is 6.07 Å². The molecule has 0 fully saturated rings. The third kappa shape index (κ3) is 3.21. The maximum atomic E-state index is 13.3. The van der Waals surface area contributed by atoms with Gasteiger partial charge in [0.15, 0.2) is 0 Å². The summed E-state index contributed by atoms with van der Waals surface area (Å²) in [6.45, 7) is 0. The molecule has 2 aromatic rings. The molecule has 0 bridgehead atoms. The number of urea groups is 1. The molecule has 0 unspecified atom stereocenters. The Balaban J connectivity index is 2.07. The van der Waals surface area contributed by atoms with Gasteiger partial charge in [0, 0.05) is 0 Å². The highest BCUT2D eigenvalue weighted by Crippen LogP contribution is 2.18. The first-order chi connectivity index (χ1) is 9.06. The van der Waals surface area contributed by atoms with E-state index in [0.29, 0.717) is 0 Å². The Kier molecular flexibility index (Phi) is 3.65. The van der Waals surface area contributed by atoms with Crippen LogP contribution >= 0.6 is 0 Å². The van der Waals surface area contributed by atoms with Crippen LogP contribution in [0.4, 0.5) is 29.5 Å². The van der Waals surface area contributed by atoms with Crippen LogP contribution in [0.15, 0.2) is 36.5 Å². The van der Waals surface area contributed by atoms with Crippen molar-refractivity contribution in [3.05, 3.63) is 54.0 Å². The number of aromatic nitrogens is 1. The molecule has 0 aliphatic rings. The van der Waals surface area contributed by atoms with Crippen molar-refractivity contribution in [2.24, 2.45) is 0 Å². The van der Waals surface area contributed by atoms with Crippen molar-refractivity contribution in [2.45, 2.75) is 0 Å². The second-order valence-electron chi connectivity index (χ2n) is 3.54. The minimum atomic E-state index is -0.901. The number of pyridine rings is 1. The first kappa shape index (κ1) is 12.9. The average Bonchev–Trinajstić information content (AvgIpc) is 2.37. The summed E-state index contributed by atoms with van der Waals surface area (Å²) in [5.41, 5.74) is -0.567. The van der Waals surface area contributed by atoms with Gasteiger partial charge < -0.3 is 5.32 Å². The van der Waals surface area contributed by atoms with Crippen LogP contribution in [0.3, 0.4) is 0 Å². The number of anilines is 2. The summed E-state index contributed by atoms with van der Waals surface area (Å²) in [5.74, 6) is -2.31. The van der Waals surface area contributed by atoms with Crippen molar-refractivity contribution in [1.82, 2.24) is 4.98 Å². The number of amides is 2. The summed E-state index contributed by atoms with van der Waals surface area (Å²) in [5, 5.41) is 4.22. The zero-order valence-electron chi connectivity index (χ0n) is 9.45. The van der Waals surface area contributed by atoms with Crippen molar-refractivity contribution in [2.75, 3.05) is 10.6 Å². The molecule has 2 N–H and O–H groups in total. The Labute approximate surface area is 106 Å². The monoisotopic (exact) mass is 267 g/mol. The van der Waals surface area contributed by atoms with E-state index in [2.05, 4.69) is 10.3 Å². The van der Waals surface area contributed by atoms with E-state index in [0.717, 1.165) is 24.4 Å². The van der Waals surface area contributed by atoms with E-state index in [1.165, 1.54) is 12.1 Å². The molecule has 0 atom stereocenters. The highest BCUT2D eigenvalue weighted by Gasteiger charge is 2.12. The Morgan fingerprint density at radius 3 is 2.26 bits per heavy atom. The summed E-state index contributed by atoms with van der Waals surface area (Å²) in [7, 11) is 0. The summed E-state index contributed by atoms with van der Waals surface area (Å²) >= 11 is 0. The molecule has 1 aromatic carbocycles. The Bertz CT molecular complexity index is 581. The molecule has 1 aromatic heterocycles. The highest BCUT2D eigenvalue weighted by molar-refractivity contribution is 5.99. The van der Waals surface area contributed by atoms with Crippen LogP contribution in [-0.2, 0) is 0 Å². The number of nitrogens with zero attached hydrogens (tertiary/aromatic N) is 1. The van der Waals surface area contributed by atoms with Gasteiger partial charge in [-0.3, -0.25) is 5.32 Å². The molecule has 4 nitrogen and oxygen atoms in total. The number of hydrogen-bond acceptors (Lipinski definition) is 2. The fourth-order valence-electron chi connectivity index (χ4n) is 1.33. The van der Waals surface area contributed by atoms with E-state index >= 15 is 0 Å². The molecule has 2 rings (SSSR count). The predicted octanol–water partition coefficient (Wildman–Crippen LogP) is 3.14. The third-order valence-electron chi connectivity index (χ3n) is 2.17. The summed E-state index contributed by atoms with van der Waals surface area (Å²) < 4.78 is 39.1. The van der Waals surface area contributed by atoms with Gasteiger partial charge in [0.05, 0.1) is 6.20 Å². The van der Waals surface area contributed by atoms with Crippen LogP contribution in [0.2, 0.25) is 0 Å². The number of carbonyl (C=O) groups excluding carboxylic acids is 1. The van der Waals surface area contributed by atoms with Crippen molar-refractivity contribution < 1.29 is 18.0 Å². The maximum Gasteiger partial charge on any atom is 0.325 e. The lowest BCUT2D eigenvalue weighted by Crippen LogP contribution is -2.21. The van der Waals surface area contributed by atoms with Crippen molar-refractivity contribution >= 4 is 17.5 Å². The van der Waals surface area contributed by atoms with Crippen molar-refractivity contribution in [3.63, 3.8) is 0 Å². The van der Waals surface area contributed by atoms with Gasteiger partial charge in [-0.25, -0.2) is 22.9 Å². The van der Waals surface area contributed by atoms with Gasteiger partial charge >= 0.3 is 6.03 Å². The molecule has 7 heteroatoms. The molecule has 0 aliphatic heterocycles. The SMILES string of the molecule is O=C(Nc1ccc(F)cn1)Nc1c(F)cccc1F. The summed E-state index contributed by atoms with van der Waals surface area (Å²) in [6.07, 6.45) is 0.902. The Morgan fingerprint density at radius 1 is 1.00 bits per heavy atom. The van der Waals surface area contributed by atoms with E-state index in [9.17, 15) is 18.0 Å². The molecule has 0 aliphatic carbocycles. The van der Waals surface area contributed by atoms with Crippen LogP contribution < -0.4 is 10.6 Å². The second-order valence-corrected chi connectivity index (χ2v) is 3.54. The minimum absolute atomic E-state index is 0.0515. The van der Waals surface area contributed by atoms with E-state index in [4.69, 9.17) is 0 Å². The Hall–Kier alpha value is -2.57. The van der Waals surface area contributed by atoms with Crippen LogP contribution in [0.25, 0.3) is 0 Å². The number of rotatable bonds is 2. The molecule has 0 saturated carbocycles. The molecule has 98 valence electrons. The predicted molar refractivity (Wildman–Crippen MR) is 63.2 cm³/mol. The molecule has 19 heavy (non-hydrogen) atoms. The Morgan fingerprint density at radius 2 is 1.68 bits per heavy atom. The minimum Gasteiger partial charge on any atom is -0.303 e. The van der Waals surface area contributed by atoms with Gasteiger partial charge in [-0.05, 0) is 24.3 Å². The van der Waals surface area contributed by atoms with Gasteiger partial charge in [0.25, 0.3) is 0 Å². The molecular weight excluding hydrogens is 259 g/mol. The smallest absolute Gasteiger partial charge is 0.303 e. The van der Waals surface area contributed by atoms with Crippen LogP contribution in [0, 0.1) is 17.5 Å². The standard InChI is InChI=1S/C12H8F3N3O/c13-7-4-5-10(16-6-7)17-12(19)18-11-8(14)2-1-3-9(11)15/h1-6H,(H2,16,17,18,19). The van der Waals surface area contributed by atoms with Gasteiger partial charge in [-0.15, -0.1) is 0 Å². The van der Waals surface area contributed by atoms with E-state index < -0.39 is 29.2 Å². The van der Waals surface area contributed by atoms with Crippen LogP contribution in [-0.4, -0.2) is 11.0 Å². The molecule has 2 amide bonds. The molecule has 0 saturated heterocycles. The number of nitrogens with one attached hydrogen (secondary N) is 2. The third-order valence-corrected chi connectivity index (χ3v) is 2.17. The maximum absolute atomic E-state index is 13.3. The van der Waals surface area contributed by atoms with E-state index in [1.54, 1.807) is 0 Å². The van der Waals surface area contributed by atoms with Gasteiger partial charge in [-0.2, -0.15) is 0 Å². The lowest BCUT2D eigenvalue weighted by atomic mass is 10.3. The molecule has 1 heterocycles. The zero-order chi connectivity index (χ0) is 13.8. The quantitative estimate of drug-likeness (QED) is 0.878. The number of halogens is 3. The van der Waals surface area contributed by atoms with Crippen molar-refractivity contribution in [3.8, 4) is 0 Å². The fraction of sp³-hybridized carbons (Fsp3) is 0. The lowest BCUT2D eigenvalue weighted by molar-refractivity contribution is 0.262. The first-order valence-corrected chi connectivity index (χ1v) is 5.20. The van der Waals surface area contributed by atoms with Crippen molar-refractivity contribution in [1.29, 1.82) is 0 Å². The molecule has 0 spiro atoms. The normalized spacial score (nSPS) is 10.1. The van der Waals surface area contributed by atoms with Gasteiger partial charge in [0.1, 0.15) is 29.0 Å². The fourth-order valence-corrected chi connectivity index (χ4v) is 1.33. The summed E-state index contributed by atoms with van der Waals surface area (Å²) in [4.78, 5) is 15.1. The zero-order valence-corrected chi connectivity index (χ0v) is 9.45. The number of hydrogen-bond donors (Lipinski definition) is 2. The molecular formula is C12H8F3N3O. The first-order valence-electron chi connectivity index (χ1n) is 5.20. The van der Waals surface area contributed by atoms with Gasteiger partial charge in [0.2, 0.25) is 0 Å². The summed E-state index contributed by atoms with van der Waals surface area (Å²) in [6, 6.07) is 4.61.